The van der Waals surface area contributed by atoms with Crippen LogP contribution in [0, 0.1) is 5.82 Å². The summed E-state index contributed by atoms with van der Waals surface area (Å²) in [4.78, 5) is 32.8. The van der Waals surface area contributed by atoms with Gasteiger partial charge in [0, 0.05) is 13.0 Å². The molecule has 164 valence electrons. The molecule has 0 saturated heterocycles. The zero-order chi connectivity index (χ0) is 22.4. The molecule has 0 saturated carbocycles. The third kappa shape index (κ3) is 5.01. The average molecular weight is 424 g/mol. The van der Waals surface area contributed by atoms with Crippen LogP contribution in [0.4, 0.5) is 4.39 Å². The Kier molecular flexibility index (Phi) is 7.55. The van der Waals surface area contributed by atoms with Crippen molar-refractivity contribution in [2.75, 3.05) is 6.54 Å². The van der Waals surface area contributed by atoms with E-state index in [0.717, 1.165) is 25.7 Å². The number of amides is 1. The second-order valence-corrected chi connectivity index (χ2v) is 7.78. The Morgan fingerprint density at radius 2 is 1.77 bits per heavy atom. The summed E-state index contributed by atoms with van der Waals surface area (Å²) in [6.07, 6.45) is 4.57. The number of fused-ring (bicyclic) bond motifs is 1. The van der Waals surface area contributed by atoms with Gasteiger partial charge in [-0.1, -0.05) is 45.2 Å². The third-order valence-corrected chi connectivity index (χ3v) is 5.60. The second-order valence-electron chi connectivity index (χ2n) is 7.78. The predicted molar refractivity (Wildman–Crippen MR) is 122 cm³/mol. The molecule has 0 N–H and O–H groups in total. The van der Waals surface area contributed by atoms with E-state index < -0.39 is 6.04 Å². The van der Waals surface area contributed by atoms with E-state index in [4.69, 9.17) is 4.98 Å². The Bertz CT molecular complexity index is 1090. The van der Waals surface area contributed by atoms with E-state index in [0.29, 0.717) is 35.4 Å². The molecule has 0 aliphatic heterocycles. The first-order chi connectivity index (χ1) is 15.0. The minimum atomic E-state index is -0.406. The van der Waals surface area contributed by atoms with Gasteiger partial charge in [-0.3, -0.25) is 14.2 Å². The Morgan fingerprint density at radius 1 is 1.06 bits per heavy atom. The smallest absolute Gasteiger partial charge is 0.266 e. The Hall–Kier alpha value is -3.02. The van der Waals surface area contributed by atoms with E-state index in [2.05, 4.69) is 6.92 Å². The number of aromatic nitrogens is 2. The van der Waals surface area contributed by atoms with Gasteiger partial charge in [-0.05, 0) is 49.7 Å². The van der Waals surface area contributed by atoms with Crippen molar-refractivity contribution < 1.29 is 9.18 Å². The summed E-state index contributed by atoms with van der Waals surface area (Å²) in [5.74, 6) is 0.128. The van der Waals surface area contributed by atoms with Crippen molar-refractivity contribution in [1.82, 2.24) is 14.5 Å². The fourth-order valence-electron chi connectivity index (χ4n) is 3.86. The molecule has 0 fully saturated rings. The molecule has 3 rings (SSSR count). The van der Waals surface area contributed by atoms with Crippen molar-refractivity contribution in [3.8, 4) is 5.69 Å². The van der Waals surface area contributed by atoms with Crippen LogP contribution >= 0.6 is 0 Å². The molecule has 1 unspecified atom stereocenters. The lowest BCUT2D eigenvalue weighted by atomic mass is 10.1. The van der Waals surface area contributed by atoms with Gasteiger partial charge in [-0.2, -0.15) is 0 Å². The molecule has 5 nitrogen and oxygen atoms in total. The zero-order valence-corrected chi connectivity index (χ0v) is 18.5. The summed E-state index contributed by atoms with van der Waals surface area (Å²) in [5.41, 5.74) is 0.887. The fourth-order valence-corrected chi connectivity index (χ4v) is 3.86. The van der Waals surface area contributed by atoms with Crippen molar-refractivity contribution >= 4 is 16.8 Å². The first kappa shape index (κ1) is 22.7. The second kappa shape index (κ2) is 10.3. The van der Waals surface area contributed by atoms with E-state index in [-0.39, 0.29) is 17.3 Å². The SMILES string of the molecule is CCCCCCN(C(=O)CC)C(C)c1nc2ccccc2c(=O)n1-c1ccc(F)cc1. The minimum Gasteiger partial charge on any atom is -0.333 e. The molecule has 6 heteroatoms. The van der Waals surface area contributed by atoms with E-state index in [1.807, 2.05) is 24.8 Å². The van der Waals surface area contributed by atoms with Crippen LogP contribution in [0.5, 0.6) is 0 Å². The van der Waals surface area contributed by atoms with Crippen LogP contribution in [0.2, 0.25) is 0 Å². The highest BCUT2D eigenvalue weighted by atomic mass is 19.1. The number of rotatable bonds is 9. The molecule has 0 bridgehead atoms. The van der Waals surface area contributed by atoms with E-state index in [9.17, 15) is 14.0 Å². The van der Waals surface area contributed by atoms with E-state index in [1.54, 1.807) is 30.3 Å². The highest BCUT2D eigenvalue weighted by molar-refractivity contribution is 5.78. The van der Waals surface area contributed by atoms with Crippen molar-refractivity contribution in [3.05, 3.63) is 70.5 Å². The van der Waals surface area contributed by atoms with Crippen LogP contribution in [0.25, 0.3) is 16.6 Å². The molecule has 0 aliphatic rings. The largest absolute Gasteiger partial charge is 0.333 e. The molecule has 3 aromatic rings. The lowest BCUT2D eigenvalue weighted by Crippen LogP contribution is -2.37. The van der Waals surface area contributed by atoms with Gasteiger partial charge >= 0.3 is 0 Å². The van der Waals surface area contributed by atoms with Crippen LogP contribution < -0.4 is 5.56 Å². The van der Waals surface area contributed by atoms with Crippen molar-refractivity contribution in [1.29, 1.82) is 0 Å². The zero-order valence-electron chi connectivity index (χ0n) is 18.5. The van der Waals surface area contributed by atoms with Crippen molar-refractivity contribution in [2.24, 2.45) is 0 Å². The Morgan fingerprint density at radius 3 is 2.45 bits per heavy atom. The van der Waals surface area contributed by atoms with Gasteiger partial charge < -0.3 is 4.90 Å². The summed E-state index contributed by atoms with van der Waals surface area (Å²) in [6.45, 7) is 6.51. The average Bonchev–Trinajstić information content (AvgIpc) is 2.79. The Balaban J connectivity index is 2.13. The van der Waals surface area contributed by atoms with E-state index >= 15 is 0 Å². The highest BCUT2D eigenvalue weighted by Crippen LogP contribution is 2.24. The lowest BCUT2D eigenvalue weighted by Gasteiger charge is -2.30. The molecular weight excluding hydrogens is 393 g/mol. The number of benzene rings is 2. The van der Waals surface area contributed by atoms with Gasteiger partial charge in [-0.25, -0.2) is 9.37 Å². The predicted octanol–water partition coefficient (Wildman–Crippen LogP) is 5.40. The molecule has 0 spiro atoms. The van der Waals surface area contributed by atoms with Crippen LogP contribution in [0.3, 0.4) is 0 Å². The maximum atomic E-state index is 13.5. The number of carbonyl (C=O) groups excluding carboxylic acids is 1. The molecule has 31 heavy (non-hydrogen) atoms. The van der Waals surface area contributed by atoms with Crippen molar-refractivity contribution in [2.45, 2.75) is 58.9 Å². The lowest BCUT2D eigenvalue weighted by molar-refractivity contribution is -0.133. The van der Waals surface area contributed by atoms with Gasteiger partial charge in [0.25, 0.3) is 5.56 Å². The molecule has 1 amide bonds. The number of halogens is 1. The normalized spacial score (nSPS) is 12.1. The minimum absolute atomic E-state index is 0.0251. The van der Waals surface area contributed by atoms with Gasteiger partial charge in [0.05, 0.1) is 22.6 Å². The quantitative estimate of drug-likeness (QED) is 0.433. The van der Waals surface area contributed by atoms with Crippen LogP contribution in [-0.4, -0.2) is 26.9 Å². The molecule has 1 atom stereocenters. The number of hydrogen-bond donors (Lipinski definition) is 0. The van der Waals surface area contributed by atoms with Crippen LogP contribution in [0.1, 0.15) is 64.7 Å². The maximum absolute atomic E-state index is 13.5. The number of nitrogens with zero attached hydrogens (tertiary/aromatic N) is 3. The standard InChI is InChI=1S/C25H30FN3O2/c1-4-6-7-10-17-28(23(30)5-2)18(3)24-27-22-12-9-8-11-21(22)25(31)29(24)20-15-13-19(26)14-16-20/h8-9,11-16,18H,4-7,10,17H2,1-3H3. The summed E-state index contributed by atoms with van der Waals surface area (Å²) < 4.78 is 15.0. The van der Waals surface area contributed by atoms with Gasteiger partial charge in [0.1, 0.15) is 11.6 Å². The number of para-hydroxylation sites is 1. The maximum Gasteiger partial charge on any atom is 0.266 e. The van der Waals surface area contributed by atoms with Gasteiger partial charge in [0.15, 0.2) is 0 Å². The number of hydrogen-bond acceptors (Lipinski definition) is 3. The molecule has 0 radical (unpaired) electrons. The van der Waals surface area contributed by atoms with Crippen LogP contribution in [-0.2, 0) is 4.79 Å². The molecule has 0 aliphatic carbocycles. The van der Waals surface area contributed by atoms with Gasteiger partial charge in [0.2, 0.25) is 5.91 Å². The summed E-state index contributed by atoms with van der Waals surface area (Å²) in [6, 6.07) is 12.5. The number of carbonyl (C=O) groups is 1. The summed E-state index contributed by atoms with van der Waals surface area (Å²) in [7, 11) is 0. The third-order valence-electron chi connectivity index (χ3n) is 5.60. The molecule has 1 heterocycles. The topological polar surface area (TPSA) is 55.2 Å². The van der Waals surface area contributed by atoms with E-state index in [1.165, 1.54) is 16.7 Å². The summed E-state index contributed by atoms with van der Waals surface area (Å²) in [5, 5.41) is 0.485. The first-order valence-electron chi connectivity index (χ1n) is 11.0. The highest BCUT2D eigenvalue weighted by Gasteiger charge is 2.25. The monoisotopic (exact) mass is 423 g/mol. The fraction of sp³-hybridized carbons (Fsp3) is 0.400. The summed E-state index contributed by atoms with van der Waals surface area (Å²) >= 11 is 0. The number of unbranched alkanes of at least 4 members (excludes halogenated alkanes) is 3. The molecule has 2 aromatic carbocycles. The molecule has 1 aromatic heterocycles. The van der Waals surface area contributed by atoms with Gasteiger partial charge in [-0.15, -0.1) is 0 Å². The van der Waals surface area contributed by atoms with Crippen LogP contribution in [0.15, 0.2) is 53.3 Å². The first-order valence-corrected chi connectivity index (χ1v) is 11.0. The molecular formula is C25H30FN3O2. The Labute approximate surface area is 182 Å². The van der Waals surface area contributed by atoms with Crippen molar-refractivity contribution in [3.63, 3.8) is 0 Å².